The molecule has 1 aliphatic heterocycles. The highest BCUT2D eigenvalue weighted by Gasteiger charge is 2.52. The van der Waals surface area contributed by atoms with Crippen LogP contribution in [0.4, 0.5) is 0 Å². The lowest BCUT2D eigenvalue weighted by molar-refractivity contribution is -0.153. The summed E-state index contributed by atoms with van der Waals surface area (Å²) in [4.78, 5) is 26.4. The highest BCUT2D eigenvalue weighted by atomic mass is 16.5. The number of hydrogen-bond acceptors (Lipinski definition) is 4. The summed E-state index contributed by atoms with van der Waals surface area (Å²) in [6.45, 7) is 0.269. The molecule has 5 aliphatic rings. The molecule has 0 aromatic rings. The molecule has 128 valence electrons. The molecule has 0 aromatic heterocycles. The summed E-state index contributed by atoms with van der Waals surface area (Å²) in [5.74, 6) is 2.08. The fourth-order valence-corrected chi connectivity index (χ4v) is 6.38. The van der Waals surface area contributed by atoms with Crippen molar-refractivity contribution in [2.45, 2.75) is 63.5 Å². The maximum atomic E-state index is 12.9. The van der Waals surface area contributed by atoms with Crippen molar-refractivity contribution < 1.29 is 19.4 Å². The molecule has 0 radical (unpaired) electrons. The van der Waals surface area contributed by atoms with Gasteiger partial charge in [-0.2, -0.15) is 0 Å². The first kappa shape index (κ1) is 15.4. The van der Waals surface area contributed by atoms with Gasteiger partial charge in [-0.05, 0) is 61.7 Å². The van der Waals surface area contributed by atoms with E-state index in [1.54, 1.807) is 4.90 Å². The molecular formula is C18H27NO4. The number of β-amino-alcohol motifs (C(OH)–C–C–N with tert-alkyl or cyclic N) is 1. The standard InChI is InChI=1S/C18H27NO4/c1-23-17(22)15-5-14(20)10-19(15)16(21)9-18-6-11-2-12(7-18)4-13(3-11)8-18/h11-15,20H,2-10H2,1H3/t11?,12?,13?,14-,15-,18?/m0/s1. The number of nitrogens with zero attached hydrogens (tertiary/aromatic N) is 1. The van der Waals surface area contributed by atoms with Gasteiger partial charge in [0.05, 0.1) is 13.2 Å². The van der Waals surface area contributed by atoms with Crippen molar-refractivity contribution in [1.29, 1.82) is 0 Å². The van der Waals surface area contributed by atoms with Gasteiger partial charge < -0.3 is 14.7 Å². The second-order valence-corrected chi connectivity index (χ2v) is 8.57. The van der Waals surface area contributed by atoms with Gasteiger partial charge in [-0.25, -0.2) is 4.79 Å². The van der Waals surface area contributed by atoms with Crippen molar-refractivity contribution in [3.63, 3.8) is 0 Å². The van der Waals surface area contributed by atoms with Gasteiger partial charge in [0.1, 0.15) is 6.04 Å². The van der Waals surface area contributed by atoms with E-state index < -0.39 is 18.1 Å². The Morgan fingerprint density at radius 1 is 1.09 bits per heavy atom. The third-order valence-corrected chi connectivity index (χ3v) is 6.76. The van der Waals surface area contributed by atoms with Gasteiger partial charge in [0.2, 0.25) is 5.91 Å². The van der Waals surface area contributed by atoms with Crippen LogP contribution in [0.15, 0.2) is 0 Å². The minimum absolute atomic E-state index is 0.0406. The monoisotopic (exact) mass is 321 g/mol. The van der Waals surface area contributed by atoms with Gasteiger partial charge in [0.15, 0.2) is 0 Å². The fraction of sp³-hybridized carbons (Fsp3) is 0.889. The van der Waals surface area contributed by atoms with Crippen LogP contribution < -0.4 is 0 Å². The molecule has 5 fully saturated rings. The largest absolute Gasteiger partial charge is 0.467 e. The average molecular weight is 321 g/mol. The lowest BCUT2D eigenvalue weighted by atomic mass is 9.49. The van der Waals surface area contributed by atoms with E-state index in [0.717, 1.165) is 17.8 Å². The summed E-state index contributed by atoms with van der Waals surface area (Å²) in [7, 11) is 1.34. The van der Waals surface area contributed by atoms with Crippen LogP contribution in [0.1, 0.15) is 51.4 Å². The molecule has 1 heterocycles. The topological polar surface area (TPSA) is 66.8 Å². The SMILES string of the molecule is COC(=O)[C@@H]1C[C@H](O)CN1C(=O)CC12CC3CC(CC(C3)C1)C2. The van der Waals surface area contributed by atoms with Crippen LogP contribution in [-0.2, 0) is 14.3 Å². The van der Waals surface area contributed by atoms with Crippen LogP contribution >= 0.6 is 0 Å². The maximum absolute atomic E-state index is 12.9. The smallest absolute Gasteiger partial charge is 0.328 e. The third kappa shape index (κ3) is 2.67. The van der Waals surface area contributed by atoms with Crippen LogP contribution in [0.3, 0.4) is 0 Å². The van der Waals surface area contributed by atoms with Gasteiger partial charge in [-0.15, -0.1) is 0 Å². The van der Waals surface area contributed by atoms with Crippen LogP contribution in [0.25, 0.3) is 0 Å². The number of likely N-dealkylation sites (tertiary alicyclic amines) is 1. The molecule has 1 saturated heterocycles. The zero-order valence-corrected chi connectivity index (χ0v) is 13.9. The first-order chi connectivity index (χ1) is 11.0. The van der Waals surface area contributed by atoms with Crippen molar-refractivity contribution in [1.82, 2.24) is 4.90 Å². The van der Waals surface area contributed by atoms with Crippen molar-refractivity contribution in [2.75, 3.05) is 13.7 Å². The zero-order valence-electron chi connectivity index (χ0n) is 13.9. The van der Waals surface area contributed by atoms with Crippen molar-refractivity contribution in [3.05, 3.63) is 0 Å². The summed E-state index contributed by atoms with van der Waals surface area (Å²) in [5, 5.41) is 9.89. The summed E-state index contributed by atoms with van der Waals surface area (Å²) in [6.07, 6.45) is 7.88. The van der Waals surface area contributed by atoms with Crippen LogP contribution in [0.2, 0.25) is 0 Å². The van der Waals surface area contributed by atoms with E-state index in [1.807, 2.05) is 0 Å². The molecule has 4 aliphatic carbocycles. The number of methoxy groups -OCH3 is 1. The number of hydrogen-bond donors (Lipinski definition) is 1. The Morgan fingerprint density at radius 2 is 1.65 bits per heavy atom. The first-order valence-corrected chi connectivity index (χ1v) is 9.03. The highest BCUT2D eigenvalue weighted by Crippen LogP contribution is 2.61. The van der Waals surface area contributed by atoms with Gasteiger partial charge in [-0.3, -0.25) is 4.79 Å². The first-order valence-electron chi connectivity index (χ1n) is 9.03. The van der Waals surface area contributed by atoms with E-state index in [2.05, 4.69) is 0 Å². The van der Waals surface area contributed by atoms with E-state index in [-0.39, 0.29) is 17.9 Å². The van der Waals surface area contributed by atoms with Gasteiger partial charge in [0, 0.05) is 19.4 Å². The van der Waals surface area contributed by atoms with Gasteiger partial charge >= 0.3 is 5.97 Å². The Hall–Kier alpha value is -1.10. The minimum atomic E-state index is -0.612. The van der Waals surface area contributed by atoms with Crippen molar-refractivity contribution >= 4 is 11.9 Å². The van der Waals surface area contributed by atoms with E-state index in [0.29, 0.717) is 12.8 Å². The summed E-state index contributed by atoms with van der Waals surface area (Å²) >= 11 is 0. The molecule has 4 bridgehead atoms. The number of esters is 1. The third-order valence-electron chi connectivity index (χ3n) is 6.76. The number of carbonyl (C=O) groups excluding carboxylic acids is 2. The summed E-state index contributed by atoms with van der Waals surface area (Å²) < 4.78 is 4.81. The van der Waals surface area contributed by atoms with E-state index in [4.69, 9.17) is 4.74 Å². The normalized spacial score (nSPS) is 44.6. The summed E-state index contributed by atoms with van der Waals surface area (Å²) in [6, 6.07) is -0.601. The second kappa shape index (κ2) is 5.47. The number of carbonyl (C=O) groups is 2. The predicted molar refractivity (Wildman–Crippen MR) is 83.4 cm³/mol. The van der Waals surface area contributed by atoms with Crippen molar-refractivity contribution in [2.24, 2.45) is 23.2 Å². The Labute approximate surface area is 137 Å². The maximum Gasteiger partial charge on any atom is 0.328 e. The molecule has 0 aromatic carbocycles. The molecule has 4 saturated carbocycles. The Morgan fingerprint density at radius 3 is 2.17 bits per heavy atom. The Kier molecular flexibility index (Phi) is 3.67. The molecule has 2 atom stereocenters. The molecule has 23 heavy (non-hydrogen) atoms. The zero-order chi connectivity index (χ0) is 16.2. The van der Waals surface area contributed by atoms with Crippen LogP contribution in [0.5, 0.6) is 0 Å². The van der Waals surface area contributed by atoms with Gasteiger partial charge in [-0.1, -0.05) is 0 Å². The minimum Gasteiger partial charge on any atom is -0.467 e. The molecule has 0 spiro atoms. The van der Waals surface area contributed by atoms with E-state index in [1.165, 1.54) is 45.6 Å². The molecule has 5 nitrogen and oxygen atoms in total. The van der Waals surface area contributed by atoms with E-state index in [9.17, 15) is 14.7 Å². The molecule has 1 N–H and O–H groups in total. The van der Waals surface area contributed by atoms with Gasteiger partial charge in [0.25, 0.3) is 0 Å². The lowest BCUT2D eigenvalue weighted by Gasteiger charge is -2.57. The number of aliphatic hydroxyl groups is 1. The quantitative estimate of drug-likeness (QED) is 0.804. The highest BCUT2D eigenvalue weighted by molar-refractivity contribution is 5.85. The number of rotatable bonds is 3. The average Bonchev–Trinajstić information content (AvgIpc) is 2.86. The van der Waals surface area contributed by atoms with Crippen LogP contribution in [0, 0.1) is 23.2 Å². The molecule has 1 amide bonds. The second-order valence-electron chi connectivity index (χ2n) is 8.57. The predicted octanol–water partition coefficient (Wildman–Crippen LogP) is 1.73. The molecule has 5 heteroatoms. The van der Waals surface area contributed by atoms with Crippen molar-refractivity contribution in [3.8, 4) is 0 Å². The number of aliphatic hydroxyl groups excluding tert-OH is 1. The van der Waals surface area contributed by atoms with Crippen LogP contribution in [-0.4, -0.2) is 47.7 Å². The summed E-state index contributed by atoms with van der Waals surface area (Å²) in [5.41, 5.74) is 0.167. The Balaban J connectivity index is 1.48. The number of amides is 1. The molecular weight excluding hydrogens is 294 g/mol. The number of ether oxygens (including phenoxy) is 1. The Bertz CT molecular complexity index is 482. The lowest BCUT2D eigenvalue weighted by Crippen LogP contribution is -2.49. The fourth-order valence-electron chi connectivity index (χ4n) is 6.38. The molecule has 5 rings (SSSR count). The molecule has 0 unspecified atom stereocenters. The van der Waals surface area contributed by atoms with E-state index >= 15 is 0 Å².